The van der Waals surface area contributed by atoms with Gasteiger partial charge in [0.15, 0.2) is 5.65 Å². The molecule has 164 valence electrons. The Kier molecular flexibility index (Phi) is 5.68. The Morgan fingerprint density at radius 1 is 1.39 bits per heavy atom. The maximum absolute atomic E-state index is 11.6. The highest BCUT2D eigenvalue weighted by Gasteiger charge is 2.23. The summed E-state index contributed by atoms with van der Waals surface area (Å²) in [5.74, 6) is -0.344. The molecule has 0 saturated carbocycles. The maximum atomic E-state index is 11.6. The second kappa shape index (κ2) is 8.28. The van der Waals surface area contributed by atoms with Crippen LogP contribution in [0.1, 0.15) is 45.0 Å². The molecule has 2 aromatic rings. The Morgan fingerprint density at radius 2 is 2.19 bits per heavy atom. The van der Waals surface area contributed by atoms with Crippen molar-refractivity contribution in [1.82, 2.24) is 19.9 Å². The summed E-state index contributed by atoms with van der Waals surface area (Å²) in [6, 6.07) is 2.01. The third kappa shape index (κ3) is 4.55. The molecular formula is C23H30N6O2. The molecule has 1 aliphatic carbocycles. The van der Waals surface area contributed by atoms with Crippen molar-refractivity contribution in [3.05, 3.63) is 47.5 Å². The molecule has 0 radical (unpaired) electrons. The Morgan fingerprint density at radius 3 is 2.84 bits per heavy atom. The maximum Gasteiger partial charge on any atom is 0.244 e. The molecule has 2 aliphatic rings. The van der Waals surface area contributed by atoms with E-state index in [4.69, 9.17) is 10.8 Å². The number of imidazole rings is 1. The summed E-state index contributed by atoms with van der Waals surface area (Å²) in [6.07, 6.45) is 9.31. The molecule has 1 aliphatic heterocycles. The van der Waals surface area contributed by atoms with E-state index in [1.807, 2.05) is 29.8 Å². The molecule has 1 amide bonds. The summed E-state index contributed by atoms with van der Waals surface area (Å²) in [4.78, 5) is 16.3. The predicted octanol–water partition coefficient (Wildman–Crippen LogP) is 2.12. The summed E-state index contributed by atoms with van der Waals surface area (Å²) >= 11 is 0. The fourth-order valence-electron chi connectivity index (χ4n) is 4.02. The van der Waals surface area contributed by atoms with Gasteiger partial charge < -0.3 is 21.5 Å². The highest BCUT2D eigenvalue weighted by atomic mass is 16.3. The van der Waals surface area contributed by atoms with Crippen molar-refractivity contribution in [3.63, 3.8) is 0 Å². The van der Waals surface area contributed by atoms with Crippen molar-refractivity contribution in [3.8, 4) is 0 Å². The molecule has 0 saturated heterocycles. The summed E-state index contributed by atoms with van der Waals surface area (Å²) < 4.78 is 1.87. The minimum Gasteiger partial charge on any atom is -0.389 e. The first-order valence-corrected chi connectivity index (χ1v) is 10.7. The smallest absolute Gasteiger partial charge is 0.244 e. The first kappa shape index (κ1) is 21.3. The van der Waals surface area contributed by atoms with E-state index < -0.39 is 5.60 Å². The van der Waals surface area contributed by atoms with Gasteiger partial charge in [-0.3, -0.25) is 4.79 Å². The number of amides is 1. The van der Waals surface area contributed by atoms with Crippen LogP contribution in [-0.2, 0) is 4.79 Å². The van der Waals surface area contributed by atoms with Crippen molar-refractivity contribution in [2.24, 2.45) is 11.7 Å². The molecule has 2 aromatic heterocycles. The van der Waals surface area contributed by atoms with Crippen LogP contribution >= 0.6 is 0 Å². The lowest BCUT2D eigenvalue weighted by Crippen LogP contribution is -2.29. The fraction of sp³-hybridized carbons (Fsp3) is 0.435. The van der Waals surface area contributed by atoms with Gasteiger partial charge in [-0.15, -0.1) is 0 Å². The number of aliphatic hydroxyl groups is 1. The Bertz CT molecular complexity index is 1100. The lowest BCUT2D eigenvalue weighted by atomic mass is 9.87. The van der Waals surface area contributed by atoms with Crippen molar-refractivity contribution in [1.29, 1.82) is 0 Å². The minimum absolute atomic E-state index is 0.0335. The van der Waals surface area contributed by atoms with Gasteiger partial charge in [0.1, 0.15) is 0 Å². The summed E-state index contributed by atoms with van der Waals surface area (Å²) in [5.41, 5.74) is 10.8. The van der Waals surface area contributed by atoms with Crippen LogP contribution in [-0.4, -0.2) is 50.8 Å². The monoisotopic (exact) mass is 422 g/mol. The van der Waals surface area contributed by atoms with Crippen molar-refractivity contribution < 1.29 is 9.90 Å². The van der Waals surface area contributed by atoms with Crippen molar-refractivity contribution in [2.45, 2.75) is 39.2 Å². The molecule has 1 atom stereocenters. The molecule has 3 heterocycles. The van der Waals surface area contributed by atoms with E-state index in [2.05, 4.69) is 21.7 Å². The zero-order valence-electron chi connectivity index (χ0n) is 18.3. The Labute approximate surface area is 181 Å². The lowest BCUT2D eigenvalue weighted by Gasteiger charge is -2.21. The van der Waals surface area contributed by atoms with Gasteiger partial charge >= 0.3 is 0 Å². The molecule has 0 bridgehead atoms. The molecule has 5 N–H and O–H groups in total. The number of primary amides is 1. The number of allylic oxidation sites excluding steroid dienone is 3. The van der Waals surface area contributed by atoms with Crippen LogP contribution in [0.4, 0.5) is 5.69 Å². The second-order valence-corrected chi connectivity index (χ2v) is 8.95. The molecule has 31 heavy (non-hydrogen) atoms. The Balaban J connectivity index is 1.81. The number of rotatable bonds is 6. The van der Waals surface area contributed by atoms with Gasteiger partial charge in [-0.05, 0) is 56.4 Å². The van der Waals surface area contributed by atoms with Gasteiger partial charge in [-0.1, -0.05) is 25.2 Å². The average molecular weight is 423 g/mol. The van der Waals surface area contributed by atoms with Crippen LogP contribution in [0.3, 0.4) is 0 Å². The number of nitrogens with one attached hydrogen (secondary N) is 2. The second-order valence-electron chi connectivity index (χ2n) is 8.95. The van der Waals surface area contributed by atoms with Crippen LogP contribution in [0.2, 0.25) is 0 Å². The fourth-order valence-corrected chi connectivity index (χ4v) is 4.02. The molecule has 8 heteroatoms. The van der Waals surface area contributed by atoms with Gasteiger partial charge in [0, 0.05) is 18.7 Å². The predicted molar refractivity (Wildman–Crippen MR) is 122 cm³/mol. The quantitative estimate of drug-likeness (QED) is 0.566. The number of aromatic nitrogens is 3. The van der Waals surface area contributed by atoms with Crippen LogP contribution in [0.25, 0.3) is 16.8 Å². The van der Waals surface area contributed by atoms with E-state index >= 15 is 0 Å². The number of nitrogens with two attached hydrogens (primary N) is 1. The van der Waals surface area contributed by atoms with E-state index in [9.17, 15) is 9.90 Å². The molecular weight excluding hydrogens is 392 g/mol. The van der Waals surface area contributed by atoms with Crippen molar-refractivity contribution in [2.75, 3.05) is 25.0 Å². The van der Waals surface area contributed by atoms with Crippen LogP contribution < -0.4 is 16.4 Å². The lowest BCUT2D eigenvalue weighted by molar-refractivity contribution is -0.115. The molecule has 0 fully saturated rings. The minimum atomic E-state index is -0.860. The highest BCUT2D eigenvalue weighted by Crippen LogP contribution is 2.33. The number of hydrogen-bond acceptors (Lipinski definition) is 6. The van der Waals surface area contributed by atoms with Gasteiger partial charge in [0.2, 0.25) is 5.91 Å². The molecule has 1 unspecified atom stereocenters. The number of hydrogen-bond donors (Lipinski definition) is 4. The summed E-state index contributed by atoms with van der Waals surface area (Å²) in [6.45, 7) is 7.66. The molecule has 0 aromatic carbocycles. The van der Waals surface area contributed by atoms with E-state index in [0.29, 0.717) is 24.2 Å². The van der Waals surface area contributed by atoms with Crippen LogP contribution in [0, 0.1) is 5.92 Å². The number of fused-ring (bicyclic) bond motifs is 1. The third-order valence-electron chi connectivity index (χ3n) is 5.71. The highest BCUT2D eigenvalue weighted by molar-refractivity contribution is 5.94. The molecule has 8 nitrogen and oxygen atoms in total. The number of carbonyl (C=O) groups excluding carboxylic acids is 1. The SMILES string of the molecule is CC1CC(c2cnc3c(NCC(C)(C)O)cc(C4=CCNCC4)nn23)=CC=C1C(N)=O. The third-order valence-corrected chi connectivity index (χ3v) is 5.71. The normalized spacial score (nSPS) is 19.6. The standard InChI is InChI=1S/C23H30N6O2/c1-14-10-16(4-5-17(14)21(24)30)20-12-26-22-19(27-13-23(2,3)31)11-18(28-29(20)22)15-6-8-25-9-7-15/h4-6,11-12,14,25,27,31H,7-10,13H2,1-3H3,(H2,24,30). The van der Waals surface area contributed by atoms with E-state index in [1.165, 1.54) is 5.57 Å². The topological polar surface area (TPSA) is 118 Å². The average Bonchev–Trinajstić information content (AvgIpc) is 3.16. The van der Waals surface area contributed by atoms with Gasteiger partial charge in [0.25, 0.3) is 0 Å². The van der Waals surface area contributed by atoms with E-state index in [0.717, 1.165) is 42.2 Å². The van der Waals surface area contributed by atoms with Crippen molar-refractivity contribution >= 4 is 28.4 Å². The van der Waals surface area contributed by atoms with Gasteiger partial charge in [-0.2, -0.15) is 5.10 Å². The molecule has 4 rings (SSSR count). The van der Waals surface area contributed by atoms with Gasteiger partial charge in [0.05, 0.1) is 28.9 Å². The van der Waals surface area contributed by atoms with E-state index in [1.54, 1.807) is 19.9 Å². The summed E-state index contributed by atoms with van der Waals surface area (Å²) in [5, 5.41) is 21.8. The van der Waals surface area contributed by atoms with Gasteiger partial charge in [-0.25, -0.2) is 9.50 Å². The zero-order chi connectivity index (χ0) is 22.2. The number of anilines is 1. The number of nitrogens with zero attached hydrogens (tertiary/aromatic N) is 3. The molecule has 0 spiro atoms. The summed E-state index contributed by atoms with van der Waals surface area (Å²) in [7, 11) is 0. The largest absolute Gasteiger partial charge is 0.389 e. The van der Waals surface area contributed by atoms with Crippen LogP contribution in [0.5, 0.6) is 0 Å². The first-order valence-electron chi connectivity index (χ1n) is 10.7. The van der Waals surface area contributed by atoms with Crippen LogP contribution in [0.15, 0.2) is 36.1 Å². The van der Waals surface area contributed by atoms with E-state index in [-0.39, 0.29) is 11.8 Å². The first-order chi connectivity index (χ1) is 14.7. The zero-order valence-corrected chi connectivity index (χ0v) is 18.3. The number of carbonyl (C=O) groups is 1. The Hall–Kier alpha value is -2.97.